The van der Waals surface area contributed by atoms with E-state index in [4.69, 9.17) is 0 Å². The van der Waals surface area contributed by atoms with Crippen LogP contribution in [0.25, 0.3) is 17.0 Å². The second-order valence-corrected chi connectivity index (χ2v) is 4.74. The first-order valence-electron chi connectivity index (χ1n) is 6.66. The van der Waals surface area contributed by atoms with Gasteiger partial charge in [0.05, 0.1) is 11.1 Å². The topological polar surface area (TPSA) is 30.0 Å². The Balaban J connectivity index is 1.96. The first kappa shape index (κ1) is 14.1. The molecule has 0 N–H and O–H groups in total. The van der Waals surface area contributed by atoms with Gasteiger partial charge in [0, 0.05) is 11.6 Å². The third-order valence-electron chi connectivity index (χ3n) is 3.29. The van der Waals surface area contributed by atoms with E-state index in [0.29, 0.717) is 0 Å². The number of benzene rings is 2. The minimum Gasteiger partial charge on any atom is -0.289 e. The predicted octanol–water partition coefficient (Wildman–Crippen LogP) is 4.41. The summed E-state index contributed by atoms with van der Waals surface area (Å²) in [5, 5.41) is 0.883. The van der Waals surface area contributed by atoms with Crippen molar-refractivity contribution in [3.05, 3.63) is 83.6 Å². The summed E-state index contributed by atoms with van der Waals surface area (Å²) in [4.78, 5) is 16.2. The molecular weight excluding hydrogens is 284 g/mol. The zero-order valence-electron chi connectivity index (χ0n) is 11.5. The molecule has 0 radical (unpaired) electrons. The van der Waals surface area contributed by atoms with Gasteiger partial charge in [0.1, 0.15) is 11.6 Å². The van der Waals surface area contributed by atoms with E-state index in [2.05, 4.69) is 4.98 Å². The van der Waals surface area contributed by atoms with E-state index in [1.807, 2.05) is 24.3 Å². The van der Waals surface area contributed by atoms with E-state index in [-0.39, 0.29) is 5.56 Å². The number of aromatic nitrogens is 1. The molecule has 0 atom stereocenters. The number of allylic oxidation sites excluding steroid dienone is 1. The van der Waals surface area contributed by atoms with Gasteiger partial charge in [0.2, 0.25) is 0 Å². The number of para-hydroxylation sites is 1. The summed E-state index contributed by atoms with van der Waals surface area (Å²) < 4.78 is 26.7. The SMILES string of the molecule is O=C(C=Cc1ccnc2ccccc12)c1cc(F)ccc1F. The maximum Gasteiger partial charge on any atom is 0.188 e. The standard InChI is InChI=1S/C18H11F2NO/c19-13-6-7-16(20)15(11-13)18(22)8-5-12-9-10-21-17-4-2-1-3-14(12)17/h1-11H. The van der Waals surface area contributed by atoms with Crippen LogP contribution in [0.4, 0.5) is 8.78 Å². The summed E-state index contributed by atoms with van der Waals surface area (Å²) in [6.45, 7) is 0. The van der Waals surface area contributed by atoms with Gasteiger partial charge in [-0.1, -0.05) is 24.3 Å². The van der Waals surface area contributed by atoms with Gasteiger partial charge in [0.25, 0.3) is 0 Å². The fourth-order valence-electron chi connectivity index (χ4n) is 2.20. The van der Waals surface area contributed by atoms with Crippen LogP contribution in [-0.2, 0) is 0 Å². The lowest BCUT2D eigenvalue weighted by atomic mass is 10.1. The van der Waals surface area contributed by atoms with E-state index >= 15 is 0 Å². The molecule has 0 spiro atoms. The predicted molar refractivity (Wildman–Crippen MR) is 81.5 cm³/mol. The molecule has 0 aliphatic rings. The van der Waals surface area contributed by atoms with Gasteiger partial charge >= 0.3 is 0 Å². The molecule has 0 aliphatic heterocycles. The minimum absolute atomic E-state index is 0.283. The molecule has 1 heterocycles. The number of hydrogen-bond acceptors (Lipinski definition) is 2. The lowest BCUT2D eigenvalue weighted by molar-refractivity contribution is 0.104. The van der Waals surface area contributed by atoms with Gasteiger partial charge in [-0.15, -0.1) is 0 Å². The molecule has 4 heteroatoms. The molecule has 0 saturated heterocycles. The van der Waals surface area contributed by atoms with E-state index in [0.717, 1.165) is 34.7 Å². The van der Waals surface area contributed by atoms with Crippen molar-refractivity contribution in [3.8, 4) is 0 Å². The van der Waals surface area contributed by atoms with Crippen LogP contribution in [0.3, 0.4) is 0 Å². The Morgan fingerprint density at radius 1 is 1.05 bits per heavy atom. The normalized spacial score (nSPS) is 11.2. The van der Waals surface area contributed by atoms with Crippen LogP contribution >= 0.6 is 0 Å². The molecule has 0 amide bonds. The van der Waals surface area contributed by atoms with Gasteiger partial charge in [-0.3, -0.25) is 9.78 Å². The van der Waals surface area contributed by atoms with Crippen LogP contribution in [0.1, 0.15) is 15.9 Å². The number of halogens is 2. The van der Waals surface area contributed by atoms with Crippen molar-refractivity contribution < 1.29 is 13.6 Å². The highest BCUT2D eigenvalue weighted by Crippen LogP contribution is 2.18. The number of carbonyl (C=O) groups is 1. The zero-order valence-corrected chi connectivity index (χ0v) is 11.5. The average Bonchev–Trinajstić information content (AvgIpc) is 2.54. The molecule has 1 aromatic heterocycles. The zero-order chi connectivity index (χ0) is 15.5. The van der Waals surface area contributed by atoms with Crippen molar-refractivity contribution in [2.24, 2.45) is 0 Å². The van der Waals surface area contributed by atoms with Gasteiger partial charge in [-0.2, -0.15) is 0 Å². The highest BCUT2D eigenvalue weighted by Gasteiger charge is 2.10. The second kappa shape index (κ2) is 5.85. The maximum absolute atomic E-state index is 13.6. The molecule has 0 fully saturated rings. The molecule has 108 valence electrons. The monoisotopic (exact) mass is 295 g/mol. The van der Waals surface area contributed by atoms with Crippen molar-refractivity contribution in [1.82, 2.24) is 4.98 Å². The number of carbonyl (C=O) groups excluding carboxylic acids is 1. The Bertz CT molecular complexity index is 882. The van der Waals surface area contributed by atoms with Gasteiger partial charge in [0.15, 0.2) is 5.78 Å². The fourth-order valence-corrected chi connectivity index (χ4v) is 2.20. The smallest absolute Gasteiger partial charge is 0.188 e. The van der Waals surface area contributed by atoms with Gasteiger partial charge in [-0.05, 0) is 42.0 Å². The number of ketones is 1. The number of hydrogen-bond donors (Lipinski definition) is 0. The minimum atomic E-state index is -0.740. The first-order chi connectivity index (χ1) is 10.6. The molecule has 3 aromatic rings. The molecular formula is C18H11F2NO. The Hall–Kier alpha value is -2.88. The number of rotatable bonds is 3. The van der Waals surface area contributed by atoms with Crippen LogP contribution < -0.4 is 0 Å². The number of pyridine rings is 1. The molecule has 0 bridgehead atoms. The lowest BCUT2D eigenvalue weighted by Crippen LogP contribution is -1.99. The Labute approximate surface area is 125 Å². The maximum atomic E-state index is 13.6. The van der Waals surface area contributed by atoms with Crippen LogP contribution in [0, 0.1) is 11.6 Å². The third kappa shape index (κ3) is 2.76. The first-order valence-corrected chi connectivity index (χ1v) is 6.66. The van der Waals surface area contributed by atoms with Crippen LogP contribution in [0.15, 0.2) is 60.8 Å². The quantitative estimate of drug-likeness (QED) is 0.529. The van der Waals surface area contributed by atoms with Crippen molar-refractivity contribution in [1.29, 1.82) is 0 Å². The molecule has 3 rings (SSSR count). The van der Waals surface area contributed by atoms with Crippen LogP contribution in [0.5, 0.6) is 0 Å². The summed E-state index contributed by atoms with van der Waals surface area (Å²) in [5.41, 5.74) is 1.31. The molecule has 22 heavy (non-hydrogen) atoms. The Morgan fingerprint density at radius 3 is 2.73 bits per heavy atom. The Morgan fingerprint density at radius 2 is 1.86 bits per heavy atom. The van der Waals surface area contributed by atoms with Gasteiger partial charge < -0.3 is 0 Å². The largest absolute Gasteiger partial charge is 0.289 e. The summed E-state index contributed by atoms with van der Waals surface area (Å²) >= 11 is 0. The highest BCUT2D eigenvalue weighted by molar-refractivity contribution is 6.07. The van der Waals surface area contributed by atoms with Crippen molar-refractivity contribution in [2.45, 2.75) is 0 Å². The van der Waals surface area contributed by atoms with E-state index in [1.54, 1.807) is 18.3 Å². The van der Waals surface area contributed by atoms with Crippen LogP contribution in [0.2, 0.25) is 0 Å². The van der Waals surface area contributed by atoms with Crippen molar-refractivity contribution in [3.63, 3.8) is 0 Å². The fraction of sp³-hybridized carbons (Fsp3) is 0. The second-order valence-electron chi connectivity index (χ2n) is 4.74. The summed E-state index contributed by atoms with van der Waals surface area (Å²) in [5.74, 6) is -1.97. The molecule has 0 aliphatic carbocycles. The summed E-state index contributed by atoms with van der Waals surface area (Å²) in [7, 11) is 0. The van der Waals surface area contributed by atoms with E-state index in [9.17, 15) is 13.6 Å². The molecule has 0 saturated carbocycles. The molecule has 2 nitrogen and oxygen atoms in total. The summed E-state index contributed by atoms with van der Waals surface area (Å²) in [6, 6.07) is 12.1. The van der Waals surface area contributed by atoms with Crippen molar-refractivity contribution in [2.75, 3.05) is 0 Å². The average molecular weight is 295 g/mol. The molecule has 2 aromatic carbocycles. The number of nitrogens with zero attached hydrogens (tertiary/aromatic N) is 1. The Kier molecular flexibility index (Phi) is 3.74. The molecule has 0 unspecified atom stereocenters. The third-order valence-corrected chi connectivity index (χ3v) is 3.29. The van der Waals surface area contributed by atoms with Crippen molar-refractivity contribution >= 4 is 22.8 Å². The van der Waals surface area contributed by atoms with Crippen LogP contribution in [-0.4, -0.2) is 10.8 Å². The van der Waals surface area contributed by atoms with E-state index < -0.39 is 17.4 Å². The number of fused-ring (bicyclic) bond motifs is 1. The van der Waals surface area contributed by atoms with E-state index in [1.165, 1.54) is 6.08 Å². The highest BCUT2D eigenvalue weighted by atomic mass is 19.1. The lowest BCUT2D eigenvalue weighted by Gasteiger charge is -2.01. The van der Waals surface area contributed by atoms with Gasteiger partial charge in [-0.25, -0.2) is 8.78 Å². The summed E-state index contributed by atoms with van der Waals surface area (Å²) in [6.07, 6.45) is 4.45.